The lowest BCUT2D eigenvalue weighted by Crippen LogP contribution is -2.36. The van der Waals surface area contributed by atoms with Crippen molar-refractivity contribution in [3.8, 4) is 0 Å². The molecular formula is C30H30F6N2OS2. The van der Waals surface area contributed by atoms with Gasteiger partial charge in [0, 0.05) is 29.4 Å². The van der Waals surface area contributed by atoms with E-state index in [-0.39, 0.29) is 11.8 Å². The van der Waals surface area contributed by atoms with Gasteiger partial charge in [-0.2, -0.15) is 26.3 Å². The maximum absolute atomic E-state index is 13.1. The minimum absolute atomic E-state index is 0.0629. The molecule has 0 atom stereocenters. The molecule has 2 aliphatic rings. The molecule has 6 rings (SSSR count). The van der Waals surface area contributed by atoms with E-state index in [1.807, 2.05) is 16.8 Å². The molecule has 1 amide bonds. The minimum atomic E-state index is -4.32. The van der Waals surface area contributed by atoms with Crippen LogP contribution in [0.5, 0.6) is 0 Å². The van der Waals surface area contributed by atoms with Gasteiger partial charge in [-0.15, -0.1) is 22.7 Å². The summed E-state index contributed by atoms with van der Waals surface area (Å²) in [5.41, 5.74) is 1.03. The number of carbonyl (C=O) groups is 1. The van der Waals surface area contributed by atoms with Gasteiger partial charge in [0.15, 0.2) is 0 Å². The molecule has 0 spiro atoms. The van der Waals surface area contributed by atoms with Crippen LogP contribution in [-0.2, 0) is 17.1 Å². The molecule has 2 aromatic carbocycles. The lowest BCUT2D eigenvalue weighted by Gasteiger charge is -2.31. The summed E-state index contributed by atoms with van der Waals surface area (Å²) in [7, 11) is 0. The monoisotopic (exact) mass is 612 g/mol. The number of nitrogens with zero attached hydrogens (tertiary/aromatic N) is 1. The van der Waals surface area contributed by atoms with Crippen molar-refractivity contribution in [2.45, 2.75) is 56.8 Å². The van der Waals surface area contributed by atoms with E-state index in [2.05, 4.69) is 5.32 Å². The Bertz CT molecular complexity index is 1510. The highest BCUT2D eigenvalue weighted by Gasteiger charge is 2.35. The van der Waals surface area contributed by atoms with E-state index >= 15 is 0 Å². The van der Waals surface area contributed by atoms with Gasteiger partial charge in [-0.05, 0) is 95.4 Å². The van der Waals surface area contributed by atoms with Crippen LogP contribution < -0.4 is 5.32 Å². The number of hydrogen-bond donors (Lipinski definition) is 1. The maximum Gasteiger partial charge on any atom is 0.417 e. The molecule has 0 bridgehead atoms. The third kappa shape index (κ3) is 6.41. The molecule has 2 fully saturated rings. The number of alkyl halides is 6. The third-order valence-electron chi connectivity index (χ3n) is 8.03. The number of rotatable bonds is 2. The number of hydrogen-bond acceptors (Lipinski definition) is 4. The fourth-order valence-electron chi connectivity index (χ4n) is 5.87. The first-order chi connectivity index (χ1) is 19.4. The number of fused-ring (bicyclic) bond motifs is 2. The van der Waals surface area contributed by atoms with E-state index < -0.39 is 23.5 Å². The van der Waals surface area contributed by atoms with Crippen LogP contribution >= 0.6 is 22.7 Å². The average molecular weight is 613 g/mol. The molecular weight excluding hydrogens is 582 g/mol. The van der Waals surface area contributed by atoms with E-state index in [0.717, 1.165) is 61.4 Å². The van der Waals surface area contributed by atoms with Gasteiger partial charge in [0.25, 0.3) is 0 Å². The van der Waals surface area contributed by atoms with Gasteiger partial charge in [0.2, 0.25) is 5.91 Å². The van der Waals surface area contributed by atoms with Gasteiger partial charge < -0.3 is 10.2 Å². The molecule has 3 nitrogen and oxygen atoms in total. The van der Waals surface area contributed by atoms with Crippen molar-refractivity contribution in [1.29, 1.82) is 0 Å². The summed E-state index contributed by atoms with van der Waals surface area (Å²) >= 11 is 2.39. The Kier molecular flexibility index (Phi) is 8.69. The van der Waals surface area contributed by atoms with Crippen LogP contribution in [0.2, 0.25) is 0 Å². The zero-order valence-corrected chi connectivity index (χ0v) is 24.0. The van der Waals surface area contributed by atoms with Crippen molar-refractivity contribution >= 4 is 48.8 Å². The van der Waals surface area contributed by atoms with Gasteiger partial charge in [0.05, 0.1) is 11.1 Å². The second kappa shape index (κ2) is 11.9. The Morgan fingerprint density at radius 1 is 0.756 bits per heavy atom. The summed E-state index contributed by atoms with van der Waals surface area (Å²) in [4.78, 5) is 13.2. The van der Waals surface area contributed by atoms with Gasteiger partial charge in [-0.1, -0.05) is 24.3 Å². The summed E-state index contributed by atoms with van der Waals surface area (Å²) in [5.74, 6) is 0.680. The number of piperidine rings is 2. The van der Waals surface area contributed by atoms with Crippen LogP contribution in [0.15, 0.2) is 47.2 Å². The normalized spacial score (nSPS) is 17.6. The van der Waals surface area contributed by atoms with Crippen molar-refractivity contribution in [3.05, 3.63) is 69.4 Å². The Morgan fingerprint density at radius 3 is 1.61 bits per heavy atom. The summed E-state index contributed by atoms with van der Waals surface area (Å²) in [6.45, 7) is 4.80. The van der Waals surface area contributed by atoms with Gasteiger partial charge in [-0.3, -0.25) is 4.79 Å². The van der Waals surface area contributed by atoms with Crippen LogP contribution in [0, 0.1) is 0 Å². The number of thiophene rings is 2. The fraction of sp³-hybridized carbons (Fsp3) is 0.433. The second-order valence-corrected chi connectivity index (χ2v) is 12.3. The summed E-state index contributed by atoms with van der Waals surface area (Å²) < 4.78 is 78.8. The Morgan fingerprint density at radius 2 is 1.20 bits per heavy atom. The largest absolute Gasteiger partial charge is 0.417 e. The number of halogens is 6. The van der Waals surface area contributed by atoms with Gasteiger partial charge >= 0.3 is 12.4 Å². The standard InChI is InChI=1S/C16H16F3NOS.C14H14F3NS/c1-10(21)20-7-5-11(6-8-20)13-9-22-15-12(13)3-2-4-14(15)16(17,18)19;15-14(16,17)12-3-1-2-10-11(8-19-13(10)12)9-4-6-18-7-5-9/h2-4,9,11H,5-8H2,1H3;1-3,8-9,18H,4-7H2. The molecule has 11 heteroatoms. The highest BCUT2D eigenvalue weighted by Crippen LogP contribution is 2.43. The first-order valence-corrected chi connectivity index (χ1v) is 15.3. The predicted molar refractivity (Wildman–Crippen MR) is 153 cm³/mol. The molecule has 4 heterocycles. The smallest absolute Gasteiger partial charge is 0.343 e. The summed E-state index contributed by atoms with van der Waals surface area (Å²) in [6, 6.07) is 8.90. The quantitative estimate of drug-likeness (QED) is 0.229. The van der Waals surface area contributed by atoms with E-state index in [1.54, 1.807) is 17.9 Å². The predicted octanol–water partition coefficient (Wildman–Crippen LogP) is 9.03. The number of nitrogens with one attached hydrogen (secondary N) is 1. The maximum atomic E-state index is 13.1. The van der Waals surface area contributed by atoms with Crippen LogP contribution in [0.3, 0.4) is 0 Å². The minimum Gasteiger partial charge on any atom is -0.343 e. The zero-order valence-electron chi connectivity index (χ0n) is 22.4. The van der Waals surface area contributed by atoms with Crippen molar-refractivity contribution < 1.29 is 31.1 Å². The molecule has 2 aromatic heterocycles. The number of likely N-dealkylation sites (tertiary alicyclic amines) is 1. The Hall–Kier alpha value is -2.63. The summed E-state index contributed by atoms with van der Waals surface area (Å²) in [6.07, 6.45) is -4.97. The molecule has 220 valence electrons. The van der Waals surface area contributed by atoms with Gasteiger partial charge in [0.1, 0.15) is 0 Å². The average Bonchev–Trinajstić information content (AvgIpc) is 3.57. The highest BCUT2D eigenvalue weighted by atomic mass is 32.1. The molecule has 2 saturated heterocycles. The summed E-state index contributed by atoms with van der Waals surface area (Å²) in [5, 5.41) is 8.54. The molecule has 0 unspecified atom stereocenters. The van der Waals surface area contributed by atoms with Crippen LogP contribution in [-0.4, -0.2) is 37.0 Å². The van der Waals surface area contributed by atoms with Gasteiger partial charge in [-0.25, -0.2) is 0 Å². The molecule has 2 aliphatic heterocycles. The van der Waals surface area contributed by atoms with E-state index in [0.29, 0.717) is 33.8 Å². The second-order valence-electron chi connectivity index (χ2n) is 10.5. The molecule has 41 heavy (non-hydrogen) atoms. The fourth-order valence-corrected chi connectivity index (χ4v) is 8.25. The topological polar surface area (TPSA) is 32.3 Å². The van der Waals surface area contributed by atoms with Crippen molar-refractivity contribution in [3.63, 3.8) is 0 Å². The molecule has 0 aliphatic carbocycles. The van der Waals surface area contributed by atoms with Crippen LogP contribution in [0.4, 0.5) is 26.3 Å². The molecule has 4 aromatic rings. The number of carbonyl (C=O) groups excluding carboxylic acids is 1. The number of amides is 1. The molecule has 0 radical (unpaired) electrons. The lowest BCUT2D eigenvalue weighted by atomic mass is 9.89. The molecule has 1 N–H and O–H groups in total. The van der Waals surface area contributed by atoms with Crippen LogP contribution in [0.1, 0.15) is 66.7 Å². The van der Waals surface area contributed by atoms with Crippen molar-refractivity contribution in [2.75, 3.05) is 26.2 Å². The van der Waals surface area contributed by atoms with Crippen LogP contribution in [0.25, 0.3) is 20.2 Å². The Balaban J connectivity index is 0.000000166. The number of benzene rings is 2. The van der Waals surface area contributed by atoms with Crippen molar-refractivity contribution in [1.82, 2.24) is 10.2 Å². The molecule has 0 saturated carbocycles. The SMILES string of the molecule is CC(=O)N1CCC(c2csc3c(C(F)(F)F)cccc23)CC1.FC(F)(F)c1cccc2c(C3CCNCC3)csc12. The van der Waals surface area contributed by atoms with E-state index in [4.69, 9.17) is 0 Å². The highest BCUT2D eigenvalue weighted by molar-refractivity contribution is 7.18. The Labute approximate surface area is 242 Å². The third-order valence-corrected chi connectivity index (χ3v) is 10.1. The lowest BCUT2D eigenvalue weighted by molar-refractivity contribution is -0.137. The van der Waals surface area contributed by atoms with E-state index in [1.165, 1.54) is 40.9 Å². The first kappa shape index (κ1) is 29.8. The zero-order chi connectivity index (χ0) is 29.4. The van der Waals surface area contributed by atoms with E-state index in [9.17, 15) is 31.1 Å². The first-order valence-electron chi connectivity index (χ1n) is 13.6. The van der Waals surface area contributed by atoms with Crippen molar-refractivity contribution in [2.24, 2.45) is 0 Å².